The quantitative estimate of drug-likeness (QED) is 0.661. The SMILES string of the molecule is CC(=O)NCCC#Cc1cc2cccnc2cc1F. The van der Waals surface area contributed by atoms with Gasteiger partial charge >= 0.3 is 0 Å². The number of aromatic nitrogens is 1. The molecule has 0 fully saturated rings. The van der Waals surface area contributed by atoms with Crippen molar-refractivity contribution in [3.8, 4) is 11.8 Å². The molecule has 0 spiro atoms. The fourth-order valence-corrected chi connectivity index (χ4v) is 1.65. The maximum absolute atomic E-state index is 13.7. The van der Waals surface area contributed by atoms with E-state index in [1.54, 1.807) is 18.3 Å². The van der Waals surface area contributed by atoms with Crippen LogP contribution in [-0.2, 0) is 4.79 Å². The van der Waals surface area contributed by atoms with Crippen molar-refractivity contribution in [1.82, 2.24) is 10.3 Å². The molecule has 0 aliphatic heterocycles. The highest BCUT2D eigenvalue weighted by atomic mass is 19.1. The molecule has 2 aromatic rings. The van der Waals surface area contributed by atoms with Gasteiger partial charge in [-0.1, -0.05) is 17.9 Å². The molecule has 0 unspecified atom stereocenters. The van der Waals surface area contributed by atoms with Crippen molar-refractivity contribution in [3.05, 3.63) is 41.8 Å². The van der Waals surface area contributed by atoms with E-state index in [4.69, 9.17) is 0 Å². The van der Waals surface area contributed by atoms with Crippen LogP contribution < -0.4 is 5.32 Å². The summed E-state index contributed by atoms with van der Waals surface area (Å²) in [5.74, 6) is 5.14. The molecular weight excluding hydrogens is 243 g/mol. The molecule has 3 nitrogen and oxygen atoms in total. The molecule has 96 valence electrons. The van der Waals surface area contributed by atoms with Gasteiger partial charge in [-0.3, -0.25) is 9.78 Å². The zero-order valence-electron chi connectivity index (χ0n) is 10.5. The fourth-order valence-electron chi connectivity index (χ4n) is 1.65. The summed E-state index contributed by atoms with van der Waals surface area (Å²) in [5.41, 5.74) is 0.965. The highest BCUT2D eigenvalue weighted by Crippen LogP contribution is 2.16. The Morgan fingerprint density at radius 2 is 2.32 bits per heavy atom. The minimum atomic E-state index is -0.377. The molecule has 2 rings (SSSR count). The van der Waals surface area contributed by atoms with E-state index in [1.165, 1.54) is 13.0 Å². The molecule has 4 heteroatoms. The van der Waals surface area contributed by atoms with E-state index >= 15 is 0 Å². The molecule has 1 heterocycles. The van der Waals surface area contributed by atoms with Crippen molar-refractivity contribution in [3.63, 3.8) is 0 Å². The van der Waals surface area contributed by atoms with Crippen LogP contribution in [0.5, 0.6) is 0 Å². The zero-order valence-corrected chi connectivity index (χ0v) is 10.5. The second-order valence-electron chi connectivity index (χ2n) is 4.06. The number of pyridine rings is 1. The minimum absolute atomic E-state index is 0.0928. The second kappa shape index (κ2) is 5.96. The monoisotopic (exact) mass is 256 g/mol. The molecule has 19 heavy (non-hydrogen) atoms. The van der Waals surface area contributed by atoms with E-state index in [-0.39, 0.29) is 11.7 Å². The topological polar surface area (TPSA) is 42.0 Å². The van der Waals surface area contributed by atoms with Gasteiger partial charge in [-0.15, -0.1) is 0 Å². The molecule has 0 bridgehead atoms. The van der Waals surface area contributed by atoms with E-state index in [0.717, 1.165) is 5.39 Å². The average Bonchev–Trinajstić information content (AvgIpc) is 2.38. The highest BCUT2D eigenvalue weighted by Gasteiger charge is 2.02. The summed E-state index contributed by atoms with van der Waals surface area (Å²) in [6.07, 6.45) is 2.12. The third kappa shape index (κ3) is 3.52. The Labute approximate surface area is 110 Å². The fraction of sp³-hybridized carbons (Fsp3) is 0.200. The van der Waals surface area contributed by atoms with Crippen LogP contribution in [0.15, 0.2) is 30.5 Å². The smallest absolute Gasteiger partial charge is 0.216 e. The van der Waals surface area contributed by atoms with Crippen LogP contribution in [-0.4, -0.2) is 17.4 Å². The van der Waals surface area contributed by atoms with Crippen LogP contribution in [0, 0.1) is 17.7 Å². The Morgan fingerprint density at radius 3 is 3.11 bits per heavy atom. The van der Waals surface area contributed by atoms with Crippen LogP contribution in [0.2, 0.25) is 0 Å². The van der Waals surface area contributed by atoms with Gasteiger partial charge in [0.25, 0.3) is 0 Å². The lowest BCUT2D eigenvalue weighted by Gasteiger charge is -1.99. The Kier molecular flexibility index (Phi) is 4.09. The average molecular weight is 256 g/mol. The van der Waals surface area contributed by atoms with Gasteiger partial charge in [0.05, 0.1) is 11.1 Å². The molecule has 0 saturated heterocycles. The van der Waals surface area contributed by atoms with Crippen molar-refractivity contribution < 1.29 is 9.18 Å². The van der Waals surface area contributed by atoms with Crippen LogP contribution in [0.4, 0.5) is 4.39 Å². The summed E-state index contributed by atoms with van der Waals surface area (Å²) in [6, 6.07) is 6.73. The first-order valence-corrected chi connectivity index (χ1v) is 5.94. The first-order valence-electron chi connectivity index (χ1n) is 5.94. The van der Waals surface area contributed by atoms with Crippen molar-refractivity contribution in [1.29, 1.82) is 0 Å². The molecule has 0 atom stereocenters. The second-order valence-corrected chi connectivity index (χ2v) is 4.06. The number of benzene rings is 1. The molecule has 0 aliphatic rings. The maximum Gasteiger partial charge on any atom is 0.216 e. The molecule has 1 aromatic carbocycles. The van der Waals surface area contributed by atoms with Gasteiger partial charge in [0, 0.05) is 37.5 Å². The molecule has 1 amide bonds. The van der Waals surface area contributed by atoms with Gasteiger partial charge in [0.15, 0.2) is 0 Å². The van der Waals surface area contributed by atoms with Crippen molar-refractivity contribution in [2.75, 3.05) is 6.54 Å². The number of rotatable bonds is 2. The van der Waals surface area contributed by atoms with E-state index in [9.17, 15) is 9.18 Å². The maximum atomic E-state index is 13.7. The number of carbonyl (C=O) groups excluding carboxylic acids is 1. The van der Waals surface area contributed by atoms with Gasteiger partial charge < -0.3 is 5.32 Å². The number of hydrogen-bond donors (Lipinski definition) is 1. The number of fused-ring (bicyclic) bond motifs is 1. The minimum Gasteiger partial charge on any atom is -0.355 e. The first-order chi connectivity index (χ1) is 9.16. The van der Waals surface area contributed by atoms with Gasteiger partial charge in [-0.25, -0.2) is 4.39 Å². The predicted molar refractivity (Wildman–Crippen MR) is 71.9 cm³/mol. The number of halogens is 1. The zero-order chi connectivity index (χ0) is 13.7. The molecule has 0 saturated carbocycles. The number of nitrogens with zero attached hydrogens (tertiary/aromatic N) is 1. The van der Waals surface area contributed by atoms with E-state index < -0.39 is 0 Å². The lowest BCUT2D eigenvalue weighted by molar-refractivity contribution is -0.118. The van der Waals surface area contributed by atoms with E-state index in [2.05, 4.69) is 22.1 Å². The Hall–Kier alpha value is -2.41. The molecule has 1 aromatic heterocycles. The van der Waals surface area contributed by atoms with E-state index in [0.29, 0.717) is 24.0 Å². The van der Waals surface area contributed by atoms with Gasteiger partial charge in [-0.2, -0.15) is 0 Å². The first kappa shape index (κ1) is 13.0. The normalized spacial score (nSPS) is 9.79. The Bertz CT molecular complexity index is 671. The van der Waals surface area contributed by atoms with Crippen LogP contribution in [0.1, 0.15) is 18.9 Å². The number of nitrogens with one attached hydrogen (secondary N) is 1. The summed E-state index contributed by atoms with van der Waals surface area (Å²) >= 11 is 0. The number of amides is 1. The van der Waals surface area contributed by atoms with Gasteiger partial charge in [0.2, 0.25) is 5.91 Å². The Morgan fingerprint density at radius 1 is 1.47 bits per heavy atom. The summed E-state index contributed by atoms with van der Waals surface area (Å²) in [5, 5.41) is 3.49. The largest absolute Gasteiger partial charge is 0.355 e. The summed E-state index contributed by atoms with van der Waals surface area (Å²) < 4.78 is 13.7. The lowest BCUT2D eigenvalue weighted by Crippen LogP contribution is -2.20. The van der Waals surface area contributed by atoms with Crippen LogP contribution in [0.3, 0.4) is 0 Å². The third-order valence-corrected chi connectivity index (χ3v) is 2.54. The summed E-state index contributed by atoms with van der Waals surface area (Å²) in [6.45, 7) is 1.92. The molecule has 0 aliphatic carbocycles. The molecule has 1 N–H and O–H groups in total. The van der Waals surface area contributed by atoms with Gasteiger partial charge in [0.1, 0.15) is 5.82 Å². The standard InChI is InChI=1S/C15H13FN2O/c1-11(19)17-7-3-2-5-12-9-13-6-4-8-18-15(13)10-14(12)16/h4,6,8-10H,3,7H2,1H3,(H,17,19). The third-order valence-electron chi connectivity index (χ3n) is 2.54. The van der Waals surface area contributed by atoms with Crippen LogP contribution >= 0.6 is 0 Å². The van der Waals surface area contributed by atoms with Crippen LogP contribution in [0.25, 0.3) is 10.9 Å². The Balaban J connectivity index is 2.14. The van der Waals surface area contributed by atoms with Crippen molar-refractivity contribution in [2.24, 2.45) is 0 Å². The number of carbonyl (C=O) groups is 1. The molecular formula is C15H13FN2O. The van der Waals surface area contributed by atoms with Gasteiger partial charge in [-0.05, 0) is 12.1 Å². The van der Waals surface area contributed by atoms with E-state index in [1.807, 2.05) is 6.07 Å². The summed E-state index contributed by atoms with van der Waals surface area (Å²) in [4.78, 5) is 14.7. The highest BCUT2D eigenvalue weighted by molar-refractivity contribution is 5.80. The summed E-state index contributed by atoms with van der Waals surface area (Å²) in [7, 11) is 0. The van der Waals surface area contributed by atoms with Crippen molar-refractivity contribution in [2.45, 2.75) is 13.3 Å². The lowest BCUT2D eigenvalue weighted by atomic mass is 10.1. The molecule has 0 radical (unpaired) electrons. The number of hydrogen-bond acceptors (Lipinski definition) is 2. The van der Waals surface area contributed by atoms with Crippen molar-refractivity contribution >= 4 is 16.8 Å². The predicted octanol–water partition coefficient (Wildman–Crippen LogP) is 2.25.